The van der Waals surface area contributed by atoms with E-state index in [2.05, 4.69) is 20.9 Å². The molecular formula is C22H31IN4O3. The highest BCUT2D eigenvalue weighted by molar-refractivity contribution is 14.0. The smallest absolute Gasteiger partial charge is 0.221 e. The third kappa shape index (κ3) is 9.34. The third-order valence-electron chi connectivity index (χ3n) is 4.14. The van der Waals surface area contributed by atoms with Gasteiger partial charge in [-0.2, -0.15) is 0 Å². The van der Waals surface area contributed by atoms with Gasteiger partial charge in [0.05, 0.1) is 13.7 Å². The molecule has 0 spiro atoms. The molecule has 0 aliphatic rings. The molecule has 0 aliphatic carbocycles. The molecule has 0 saturated heterocycles. The van der Waals surface area contributed by atoms with E-state index in [0.29, 0.717) is 6.54 Å². The predicted molar refractivity (Wildman–Crippen MR) is 132 cm³/mol. The van der Waals surface area contributed by atoms with Crippen LogP contribution in [0.25, 0.3) is 0 Å². The summed E-state index contributed by atoms with van der Waals surface area (Å²) in [5.41, 5.74) is 1.98. The van der Waals surface area contributed by atoms with Crippen LogP contribution in [0.5, 0.6) is 11.5 Å². The molecule has 30 heavy (non-hydrogen) atoms. The van der Waals surface area contributed by atoms with Gasteiger partial charge in [-0.05, 0) is 43.2 Å². The van der Waals surface area contributed by atoms with Crippen molar-refractivity contribution in [2.75, 3.05) is 32.6 Å². The van der Waals surface area contributed by atoms with Crippen molar-refractivity contribution in [1.29, 1.82) is 0 Å². The minimum atomic E-state index is -0.0705. The van der Waals surface area contributed by atoms with E-state index in [4.69, 9.17) is 9.47 Å². The number of anilines is 1. The van der Waals surface area contributed by atoms with E-state index in [-0.39, 0.29) is 36.0 Å². The fraction of sp³-hybridized carbons (Fsp3) is 0.364. The summed E-state index contributed by atoms with van der Waals surface area (Å²) >= 11 is 0. The molecule has 3 N–H and O–H groups in total. The van der Waals surface area contributed by atoms with Gasteiger partial charge in [0, 0.05) is 32.3 Å². The molecule has 0 fully saturated rings. The summed E-state index contributed by atoms with van der Waals surface area (Å²) < 4.78 is 11.1. The normalized spacial score (nSPS) is 11.7. The molecule has 0 bridgehead atoms. The highest BCUT2D eigenvalue weighted by atomic mass is 127. The van der Waals surface area contributed by atoms with Crippen molar-refractivity contribution in [3.63, 3.8) is 0 Å². The first-order valence-electron chi connectivity index (χ1n) is 9.62. The van der Waals surface area contributed by atoms with E-state index >= 15 is 0 Å². The van der Waals surface area contributed by atoms with Gasteiger partial charge < -0.3 is 25.4 Å². The van der Waals surface area contributed by atoms with Gasteiger partial charge in [-0.25, -0.2) is 0 Å². The van der Waals surface area contributed by atoms with Crippen LogP contribution in [0.15, 0.2) is 53.5 Å². The van der Waals surface area contributed by atoms with Crippen LogP contribution in [0.1, 0.15) is 19.4 Å². The summed E-state index contributed by atoms with van der Waals surface area (Å²) in [6, 6.07) is 15.4. The average molecular weight is 526 g/mol. The van der Waals surface area contributed by atoms with Gasteiger partial charge >= 0.3 is 0 Å². The maximum absolute atomic E-state index is 11.1. The monoisotopic (exact) mass is 526 g/mol. The van der Waals surface area contributed by atoms with E-state index in [1.54, 1.807) is 14.2 Å². The number of hydrogen-bond acceptors (Lipinski definition) is 4. The van der Waals surface area contributed by atoms with E-state index < -0.39 is 0 Å². The van der Waals surface area contributed by atoms with Crippen LogP contribution >= 0.6 is 24.0 Å². The first-order valence-corrected chi connectivity index (χ1v) is 9.62. The highest BCUT2D eigenvalue weighted by Gasteiger charge is 2.07. The molecule has 1 amide bonds. The van der Waals surface area contributed by atoms with Crippen molar-refractivity contribution in [2.45, 2.75) is 26.4 Å². The van der Waals surface area contributed by atoms with Crippen LogP contribution in [0.3, 0.4) is 0 Å². The quantitative estimate of drug-likeness (QED) is 0.265. The molecule has 2 rings (SSSR count). The Morgan fingerprint density at radius 3 is 2.43 bits per heavy atom. The number of carbonyl (C=O) groups is 1. The Bertz CT molecular complexity index is 812. The highest BCUT2D eigenvalue weighted by Crippen LogP contribution is 2.19. The van der Waals surface area contributed by atoms with Crippen LogP contribution in [0, 0.1) is 0 Å². The lowest BCUT2D eigenvalue weighted by molar-refractivity contribution is -0.114. The van der Waals surface area contributed by atoms with E-state index in [0.717, 1.165) is 36.1 Å². The summed E-state index contributed by atoms with van der Waals surface area (Å²) in [4.78, 5) is 15.3. The average Bonchev–Trinajstić information content (AvgIpc) is 2.71. The second-order valence-corrected chi connectivity index (χ2v) is 6.62. The molecule has 2 aromatic carbocycles. The lowest BCUT2D eigenvalue weighted by Gasteiger charge is -2.18. The molecule has 1 atom stereocenters. The standard InChI is InChI=1S/C22H30N4O3.HI/c1-16(29-21-7-5-6-20(14-21)28-4)15-25-22(23-3)24-13-12-18-8-10-19(11-9-18)26-17(2)27;/h5-11,14,16H,12-13,15H2,1-4H3,(H,26,27)(H2,23,24,25);1H. The van der Waals surface area contributed by atoms with Gasteiger partial charge in [-0.15, -0.1) is 24.0 Å². The zero-order valence-corrected chi connectivity index (χ0v) is 20.2. The molecule has 0 heterocycles. The molecule has 0 radical (unpaired) electrons. The number of nitrogens with one attached hydrogen (secondary N) is 3. The molecule has 7 nitrogen and oxygen atoms in total. The maximum atomic E-state index is 11.1. The molecule has 0 saturated carbocycles. The number of guanidine groups is 1. The van der Waals surface area contributed by atoms with Gasteiger partial charge in [0.25, 0.3) is 0 Å². The fourth-order valence-corrected chi connectivity index (χ4v) is 2.69. The number of ether oxygens (including phenoxy) is 2. The lowest BCUT2D eigenvalue weighted by Crippen LogP contribution is -2.42. The van der Waals surface area contributed by atoms with Crippen molar-refractivity contribution < 1.29 is 14.3 Å². The number of methoxy groups -OCH3 is 1. The molecule has 0 aliphatic heterocycles. The molecule has 164 valence electrons. The molecule has 1 unspecified atom stereocenters. The Kier molecular flexibility index (Phi) is 11.7. The Balaban J connectivity index is 0.00000450. The lowest BCUT2D eigenvalue weighted by atomic mass is 10.1. The minimum Gasteiger partial charge on any atom is -0.497 e. The number of aliphatic imine (C=N–C) groups is 1. The van der Waals surface area contributed by atoms with Crippen molar-refractivity contribution >= 4 is 41.5 Å². The van der Waals surface area contributed by atoms with Gasteiger partial charge in [0.1, 0.15) is 17.6 Å². The summed E-state index contributed by atoms with van der Waals surface area (Å²) in [6.07, 6.45) is 0.804. The van der Waals surface area contributed by atoms with Crippen LogP contribution in [0.2, 0.25) is 0 Å². The molecule has 8 heteroatoms. The zero-order chi connectivity index (χ0) is 21.1. The molecule has 0 aromatic heterocycles. The van der Waals surface area contributed by atoms with Gasteiger partial charge in [0.2, 0.25) is 5.91 Å². The summed E-state index contributed by atoms with van der Waals surface area (Å²) in [5.74, 6) is 2.19. The van der Waals surface area contributed by atoms with Crippen LogP contribution < -0.4 is 25.4 Å². The van der Waals surface area contributed by atoms with Gasteiger partial charge in [-0.1, -0.05) is 18.2 Å². The van der Waals surface area contributed by atoms with Gasteiger partial charge in [0.15, 0.2) is 5.96 Å². The second-order valence-electron chi connectivity index (χ2n) is 6.62. The number of nitrogens with zero attached hydrogens (tertiary/aromatic N) is 1. The van der Waals surface area contributed by atoms with Crippen molar-refractivity contribution in [3.05, 3.63) is 54.1 Å². The Labute approximate surface area is 195 Å². The first-order chi connectivity index (χ1) is 14.0. The van der Waals surface area contributed by atoms with Crippen molar-refractivity contribution in [1.82, 2.24) is 10.6 Å². The number of amides is 1. The van der Waals surface area contributed by atoms with E-state index in [9.17, 15) is 4.79 Å². The number of halogens is 1. The Hall–Kier alpha value is -2.49. The number of carbonyl (C=O) groups excluding carboxylic acids is 1. The predicted octanol–water partition coefficient (Wildman–Crippen LogP) is 3.45. The third-order valence-corrected chi connectivity index (χ3v) is 4.14. The zero-order valence-electron chi connectivity index (χ0n) is 17.9. The van der Waals surface area contributed by atoms with E-state index in [1.807, 2.05) is 55.5 Å². The molecule has 2 aromatic rings. The van der Waals surface area contributed by atoms with Crippen LogP contribution in [-0.2, 0) is 11.2 Å². The second kappa shape index (κ2) is 13.7. The fourth-order valence-electron chi connectivity index (χ4n) is 2.69. The van der Waals surface area contributed by atoms with Crippen LogP contribution in [0.4, 0.5) is 5.69 Å². The summed E-state index contributed by atoms with van der Waals surface area (Å²) in [7, 11) is 3.38. The SMILES string of the molecule is CN=C(NCCc1ccc(NC(C)=O)cc1)NCC(C)Oc1cccc(OC)c1.I. The summed E-state index contributed by atoms with van der Waals surface area (Å²) in [5, 5.41) is 9.33. The van der Waals surface area contributed by atoms with Crippen LogP contribution in [-0.4, -0.2) is 45.2 Å². The van der Waals surface area contributed by atoms with Crippen molar-refractivity contribution in [2.24, 2.45) is 4.99 Å². The first kappa shape index (κ1) is 25.5. The number of hydrogen-bond donors (Lipinski definition) is 3. The minimum absolute atomic E-state index is 0. The largest absolute Gasteiger partial charge is 0.497 e. The number of rotatable bonds is 9. The van der Waals surface area contributed by atoms with Gasteiger partial charge in [-0.3, -0.25) is 9.79 Å². The Morgan fingerprint density at radius 2 is 1.80 bits per heavy atom. The maximum Gasteiger partial charge on any atom is 0.221 e. The van der Waals surface area contributed by atoms with Crippen molar-refractivity contribution in [3.8, 4) is 11.5 Å². The van der Waals surface area contributed by atoms with E-state index in [1.165, 1.54) is 12.5 Å². The summed E-state index contributed by atoms with van der Waals surface area (Å²) in [6.45, 7) is 4.85. The number of benzene rings is 2. The molecular weight excluding hydrogens is 495 g/mol. The Morgan fingerprint density at radius 1 is 1.10 bits per heavy atom. The topological polar surface area (TPSA) is 84.0 Å².